The van der Waals surface area contributed by atoms with Crippen LogP contribution in [0.3, 0.4) is 0 Å². The van der Waals surface area contributed by atoms with Gasteiger partial charge >= 0.3 is 0 Å². The molecule has 1 aliphatic rings. The third kappa shape index (κ3) is 2.93. The summed E-state index contributed by atoms with van der Waals surface area (Å²) in [5, 5.41) is 9.54. The van der Waals surface area contributed by atoms with Gasteiger partial charge in [0.25, 0.3) is 0 Å². The van der Waals surface area contributed by atoms with E-state index in [1.807, 2.05) is 0 Å². The van der Waals surface area contributed by atoms with Gasteiger partial charge in [-0.2, -0.15) is 0 Å². The van der Waals surface area contributed by atoms with Crippen LogP contribution in [0.2, 0.25) is 0 Å². The average molecular weight is 187 g/mol. The molecule has 0 aromatic carbocycles. The van der Waals surface area contributed by atoms with Crippen LogP contribution < -0.4 is 0 Å². The van der Waals surface area contributed by atoms with Crippen molar-refractivity contribution in [2.75, 3.05) is 26.8 Å². The van der Waals surface area contributed by atoms with Crippen LogP contribution in [0.5, 0.6) is 0 Å². The standard InChI is InChI=1S/C10H21NO2/c1-8(2)10-6-9(12)7-11(10)4-5-13-3/h8-10,12H,4-7H2,1-3H3/t9-,10-/m0/s1. The van der Waals surface area contributed by atoms with E-state index >= 15 is 0 Å². The van der Waals surface area contributed by atoms with Gasteiger partial charge in [0.15, 0.2) is 0 Å². The minimum absolute atomic E-state index is 0.135. The molecule has 0 saturated carbocycles. The van der Waals surface area contributed by atoms with Gasteiger partial charge < -0.3 is 9.84 Å². The molecule has 1 rings (SSSR count). The van der Waals surface area contributed by atoms with E-state index in [0.717, 1.165) is 26.1 Å². The van der Waals surface area contributed by atoms with Gasteiger partial charge in [0, 0.05) is 26.2 Å². The molecule has 78 valence electrons. The van der Waals surface area contributed by atoms with E-state index < -0.39 is 0 Å². The number of nitrogens with zero attached hydrogens (tertiary/aromatic N) is 1. The first-order chi connectivity index (χ1) is 6.15. The van der Waals surface area contributed by atoms with Crippen molar-refractivity contribution in [2.24, 2.45) is 5.92 Å². The van der Waals surface area contributed by atoms with E-state index in [1.54, 1.807) is 7.11 Å². The number of ether oxygens (including phenoxy) is 1. The van der Waals surface area contributed by atoms with Crippen LogP contribution in [0.1, 0.15) is 20.3 Å². The third-order valence-electron chi connectivity index (χ3n) is 2.78. The van der Waals surface area contributed by atoms with Crippen molar-refractivity contribution in [3.8, 4) is 0 Å². The topological polar surface area (TPSA) is 32.7 Å². The number of hydrogen-bond acceptors (Lipinski definition) is 3. The number of likely N-dealkylation sites (tertiary alicyclic amines) is 1. The fraction of sp³-hybridized carbons (Fsp3) is 1.00. The van der Waals surface area contributed by atoms with E-state index in [2.05, 4.69) is 18.7 Å². The lowest BCUT2D eigenvalue weighted by Crippen LogP contribution is -2.35. The Balaban J connectivity index is 2.41. The zero-order valence-electron chi connectivity index (χ0n) is 8.86. The summed E-state index contributed by atoms with van der Waals surface area (Å²) in [5.74, 6) is 0.619. The molecule has 1 N–H and O–H groups in total. The minimum Gasteiger partial charge on any atom is -0.392 e. The Morgan fingerprint density at radius 2 is 2.23 bits per heavy atom. The summed E-state index contributed by atoms with van der Waals surface area (Å²) < 4.78 is 5.04. The van der Waals surface area contributed by atoms with Crippen molar-refractivity contribution in [1.29, 1.82) is 0 Å². The van der Waals surface area contributed by atoms with Gasteiger partial charge in [-0.15, -0.1) is 0 Å². The summed E-state index contributed by atoms with van der Waals surface area (Å²) >= 11 is 0. The first kappa shape index (κ1) is 11.0. The SMILES string of the molecule is COCCN1C[C@@H](O)C[C@H]1C(C)C. The second-order valence-electron chi connectivity index (χ2n) is 4.19. The molecule has 0 aromatic heterocycles. The molecule has 0 bridgehead atoms. The Morgan fingerprint density at radius 3 is 2.77 bits per heavy atom. The second-order valence-corrected chi connectivity index (χ2v) is 4.19. The van der Waals surface area contributed by atoms with Crippen molar-refractivity contribution in [3.63, 3.8) is 0 Å². The Bertz CT molecular complexity index is 150. The highest BCUT2D eigenvalue weighted by Crippen LogP contribution is 2.23. The Morgan fingerprint density at radius 1 is 1.54 bits per heavy atom. The lowest BCUT2D eigenvalue weighted by Gasteiger charge is -2.26. The molecule has 13 heavy (non-hydrogen) atoms. The van der Waals surface area contributed by atoms with E-state index in [0.29, 0.717) is 12.0 Å². The predicted octanol–water partition coefficient (Wildman–Crippen LogP) is 0.724. The first-order valence-corrected chi connectivity index (χ1v) is 5.06. The fourth-order valence-corrected chi connectivity index (χ4v) is 2.07. The number of aliphatic hydroxyl groups excluding tert-OH is 1. The quantitative estimate of drug-likeness (QED) is 0.704. The molecule has 0 spiro atoms. The maximum absolute atomic E-state index is 9.54. The molecule has 1 fully saturated rings. The molecule has 1 saturated heterocycles. The second kappa shape index (κ2) is 4.94. The first-order valence-electron chi connectivity index (χ1n) is 5.06. The molecule has 1 heterocycles. The summed E-state index contributed by atoms with van der Waals surface area (Å²) in [7, 11) is 1.72. The van der Waals surface area contributed by atoms with Crippen LogP contribution in [0.25, 0.3) is 0 Å². The molecular formula is C10H21NO2. The van der Waals surface area contributed by atoms with Crippen LogP contribution in [0.15, 0.2) is 0 Å². The summed E-state index contributed by atoms with van der Waals surface area (Å²) in [6.45, 7) is 6.93. The van der Waals surface area contributed by atoms with Crippen LogP contribution in [0.4, 0.5) is 0 Å². The van der Waals surface area contributed by atoms with E-state index in [9.17, 15) is 5.11 Å². The predicted molar refractivity (Wildman–Crippen MR) is 52.7 cm³/mol. The van der Waals surface area contributed by atoms with E-state index in [-0.39, 0.29) is 6.10 Å². The maximum Gasteiger partial charge on any atom is 0.0682 e. The number of aliphatic hydroxyl groups is 1. The van der Waals surface area contributed by atoms with Crippen LogP contribution in [-0.2, 0) is 4.74 Å². The molecule has 3 nitrogen and oxygen atoms in total. The van der Waals surface area contributed by atoms with E-state index in [4.69, 9.17) is 4.74 Å². The van der Waals surface area contributed by atoms with Crippen molar-refractivity contribution in [2.45, 2.75) is 32.4 Å². The Hall–Kier alpha value is -0.120. The highest BCUT2D eigenvalue weighted by atomic mass is 16.5. The number of rotatable bonds is 4. The largest absolute Gasteiger partial charge is 0.392 e. The molecule has 3 heteroatoms. The normalized spacial score (nSPS) is 30.2. The van der Waals surface area contributed by atoms with Gasteiger partial charge in [-0.3, -0.25) is 4.90 Å². The maximum atomic E-state index is 9.54. The molecule has 0 aromatic rings. The summed E-state index contributed by atoms with van der Waals surface area (Å²) in [4.78, 5) is 2.33. The van der Waals surface area contributed by atoms with Gasteiger partial charge in [-0.1, -0.05) is 13.8 Å². The van der Waals surface area contributed by atoms with Crippen molar-refractivity contribution in [3.05, 3.63) is 0 Å². The number of β-amino-alcohol motifs (C(OH)–C–C–N with tert-alkyl or cyclic N) is 1. The van der Waals surface area contributed by atoms with Crippen LogP contribution >= 0.6 is 0 Å². The highest BCUT2D eigenvalue weighted by Gasteiger charge is 2.32. The monoisotopic (exact) mass is 187 g/mol. The zero-order chi connectivity index (χ0) is 9.84. The van der Waals surface area contributed by atoms with Gasteiger partial charge in [0.05, 0.1) is 12.7 Å². The van der Waals surface area contributed by atoms with Crippen LogP contribution in [0, 0.1) is 5.92 Å². The van der Waals surface area contributed by atoms with Gasteiger partial charge in [0.1, 0.15) is 0 Å². The van der Waals surface area contributed by atoms with Gasteiger partial charge in [-0.25, -0.2) is 0 Å². The minimum atomic E-state index is -0.135. The lowest BCUT2D eigenvalue weighted by atomic mass is 10.0. The van der Waals surface area contributed by atoms with Crippen molar-refractivity contribution >= 4 is 0 Å². The molecule has 0 unspecified atom stereocenters. The summed E-state index contributed by atoms with van der Waals surface area (Å²) in [6.07, 6.45) is 0.783. The zero-order valence-corrected chi connectivity index (χ0v) is 8.86. The molecule has 1 aliphatic heterocycles. The lowest BCUT2D eigenvalue weighted by molar-refractivity contribution is 0.120. The molecular weight excluding hydrogens is 166 g/mol. The smallest absolute Gasteiger partial charge is 0.0682 e. The molecule has 0 aliphatic carbocycles. The average Bonchev–Trinajstić information content (AvgIpc) is 2.43. The number of hydrogen-bond donors (Lipinski definition) is 1. The molecule has 2 atom stereocenters. The fourth-order valence-electron chi connectivity index (χ4n) is 2.07. The van der Waals surface area contributed by atoms with Gasteiger partial charge in [0.2, 0.25) is 0 Å². The van der Waals surface area contributed by atoms with Gasteiger partial charge in [-0.05, 0) is 12.3 Å². The van der Waals surface area contributed by atoms with E-state index in [1.165, 1.54) is 0 Å². The molecule has 0 radical (unpaired) electrons. The number of methoxy groups -OCH3 is 1. The molecule has 0 amide bonds. The summed E-state index contributed by atoms with van der Waals surface area (Å²) in [6, 6.07) is 0.533. The Labute approximate surface area is 80.7 Å². The third-order valence-corrected chi connectivity index (χ3v) is 2.78. The highest BCUT2D eigenvalue weighted by molar-refractivity contribution is 4.86. The van der Waals surface area contributed by atoms with Crippen molar-refractivity contribution < 1.29 is 9.84 Å². The van der Waals surface area contributed by atoms with Crippen molar-refractivity contribution in [1.82, 2.24) is 4.90 Å². The summed E-state index contributed by atoms with van der Waals surface area (Å²) in [5.41, 5.74) is 0. The Kier molecular flexibility index (Phi) is 4.16. The van der Waals surface area contributed by atoms with Crippen LogP contribution in [-0.4, -0.2) is 49.0 Å².